The fraction of sp³-hybridized carbons (Fsp3) is 0.538. The van der Waals surface area contributed by atoms with Gasteiger partial charge in [-0.25, -0.2) is 0 Å². The van der Waals surface area contributed by atoms with E-state index in [-0.39, 0.29) is 0 Å². The number of hydrogen-bond acceptors (Lipinski definition) is 2. The summed E-state index contributed by atoms with van der Waals surface area (Å²) in [7, 11) is 2.23. The highest BCUT2D eigenvalue weighted by atomic mass is 15.4. The first-order valence-corrected chi connectivity index (χ1v) is 11.5. The maximum atomic E-state index is 2.61. The molecule has 0 N–H and O–H groups in total. The summed E-state index contributed by atoms with van der Waals surface area (Å²) in [6, 6.07) is 19.8. The van der Waals surface area contributed by atoms with Crippen molar-refractivity contribution in [1.29, 1.82) is 0 Å². The van der Waals surface area contributed by atoms with E-state index in [1.165, 1.54) is 81.1 Å². The monoisotopic (exact) mass is 378 g/mol. The van der Waals surface area contributed by atoms with Crippen molar-refractivity contribution in [2.75, 3.05) is 23.4 Å². The molecular formula is C26H38N2. The highest BCUT2D eigenvalue weighted by Gasteiger charge is 2.33. The summed E-state index contributed by atoms with van der Waals surface area (Å²) in [5.41, 5.74) is 4.12. The molecule has 0 bridgehead atoms. The zero-order valence-corrected chi connectivity index (χ0v) is 17.9. The van der Waals surface area contributed by atoms with Gasteiger partial charge in [-0.1, -0.05) is 107 Å². The van der Waals surface area contributed by atoms with Gasteiger partial charge in [-0.15, -0.1) is 0 Å². The number of fused-ring (bicyclic) bond motifs is 1. The van der Waals surface area contributed by atoms with Crippen LogP contribution in [0.5, 0.6) is 0 Å². The molecule has 2 aromatic rings. The van der Waals surface area contributed by atoms with E-state index in [9.17, 15) is 0 Å². The minimum absolute atomic E-state index is 0.317. The highest BCUT2D eigenvalue weighted by molar-refractivity contribution is 5.77. The first-order chi connectivity index (χ1) is 13.8. The number of nitrogens with zero attached hydrogens (tertiary/aromatic N) is 2. The molecular weight excluding hydrogens is 340 g/mol. The molecule has 152 valence electrons. The Morgan fingerprint density at radius 2 is 1.18 bits per heavy atom. The van der Waals surface area contributed by atoms with E-state index in [1.807, 2.05) is 0 Å². The Morgan fingerprint density at radius 1 is 0.643 bits per heavy atom. The molecule has 2 aromatic carbocycles. The van der Waals surface area contributed by atoms with Crippen LogP contribution in [-0.4, -0.2) is 13.6 Å². The van der Waals surface area contributed by atoms with Crippen LogP contribution in [0.4, 0.5) is 11.4 Å². The standard InChI is InChI=1S/C26H38N2/c1-3-4-5-6-7-8-9-10-11-17-22-28-25-21-16-15-20-24(25)27(2)26(28)23-18-13-12-14-19-23/h12-16,18-21,26H,3-11,17,22H2,1-2H3. The third-order valence-corrected chi connectivity index (χ3v) is 6.08. The number of hydrogen-bond donors (Lipinski definition) is 0. The Balaban J connectivity index is 1.48. The summed E-state index contributed by atoms with van der Waals surface area (Å²) < 4.78 is 0. The second-order valence-electron chi connectivity index (χ2n) is 8.26. The Morgan fingerprint density at radius 3 is 1.82 bits per heavy atom. The molecule has 0 radical (unpaired) electrons. The average molecular weight is 379 g/mol. The second-order valence-corrected chi connectivity index (χ2v) is 8.26. The van der Waals surface area contributed by atoms with Gasteiger partial charge in [-0.05, 0) is 24.1 Å². The topological polar surface area (TPSA) is 6.48 Å². The normalized spacial score (nSPS) is 15.9. The lowest BCUT2D eigenvalue weighted by Crippen LogP contribution is -2.34. The minimum Gasteiger partial charge on any atom is -0.349 e. The van der Waals surface area contributed by atoms with E-state index in [0.717, 1.165) is 6.54 Å². The van der Waals surface area contributed by atoms with Gasteiger partial charge in [-0.2, -0.15) is 0 Å². The zero-order chi connectivity index (χ0) is 19.6. The Bertz CT molecular complexity index is 682. The van der Waals surface area contributed by atoms with Crippen LogP contribution in [-0.2, 0) is 0 Å². The molecule has 0 spiro atoms. The van der Waals surface area contributed by atoms with Gasteiger partial charge < -0.3 is 9.80 Å². The fourth-order valence-electron chi connectivity index (χ4n) is 4.52. The molecule has 28 heavy (non-hydrogen) atoms. The van der Waals surface area contributed by atoms with E-state index in [0.29, 0.717) is 6.17 Å². The molecule has 0 saturated carbocycles. The molecule has 1 aliphatic rings. The maximum Gasteiger partial charge on any atom is 0.128 e. The van der Waals surface area contributed by atoms with E-state index in [1.54, 1.807) is 0 Å². The van der Waals surface area contributed by atoms with Crippen molar-refractivity contribution >= 4 is 11.4 Å². The largest absolute Gasteiger partial charge is 0.349 e. The van der Waals surface area contributed by atoms with E-state index in [2.05, 4.69) is 78.4 Å². The van der Waals surface area contributed by atoms with Crippen LogP contribution < -0.4 is 9.80 Å². The van der Waals surface area contributed by atoms with Crippen molar-refractivity contribution in [3.8, 4) is 0 Å². The summed E-state index contributed by atoms with van der Waals surface area (Å²) in [6.07, 6.45) is 14.2. The molecule has 0 aliphatic carbocycles. The van der Waals surface area contributed by atoms with Crippen LogP contribution in [0.25, 0.3) is 0 Å². The summed E-state index contributed by atoms with van der Waals surface area (Å²) in [4.78, 5) is 5.04. The smallest absolute Gasteiger partial charge is 0.128 e. The van der Waals surface area contributed by atoms with Crippen LogP contribution in [0.15, 0.2) is 54.6 Å². The van der Waals surface area contributed by atoms with Gasteiger partial charge >= 0.3 is 0 Å². The molecule has 0 aromatic heterocycles. The van der Waals surface area contributed by atoms with Crippen molar-refractivity contribution in [3.63, 3.8) is 0 Å². The molecule has 1 unspecified atom stereocenters. The first-order valence-electron chi connectivity index (χ1n) is 11.5. The molecule has 1 aliphatic heterocycles. The summed E-state index contributed by atoms with van der Waals surface area (Å²) in [5.74, 6) is 0. The van der Waals surface area contributed by atoms with Gasteiger partial charge in [0.25, 0.3) is 0 Å². The van der Waals surface area contributed by atoms with Gasteiger partial charge in [0, 0.05) is 13.6 Å². The summed E-state index contributed by atoms with van der Waals surface area (Å²) in [6.45, 7) is 3.43. The molecule has 2 nitrogen and oxygen atoms in total. The quantitative estimate of drug-likeness (QED) is 0.351. The SMILES string of the molecule is CCCCCCCCCCCCN1c2ccccc2N(C)C1c1ccccc1. The van der Waals surface area contributed by atoms with Crippen LogP contribution in [0.1, 0.15) is 82.9 Å². The van der Waals surface area contributed by atoms with Crippen LogP contribution >= 0.6 is 0 Å². The zero-order valence-electron chi connectivity index (χ0n) is 17.9. The van der Waals surface area contributed by atoms with Gasteiger partial charge in [0.05, 0.1) is 11.4 Å². The Hall–Kier alpha value is -1.96. The number of rotatable bonds is 12. The molecule has 1 heterocycles. The fourth-order valence-corrected chi connectivity index (χ4v) is 4.52. The van der Waals surface area contributed by atoms with E-state index < -0.39 is 0 Å². The van der Waals surface area contributed by atoms with Crippen molar-refractivity contribution in [3.05, 3.63) is 60.2 Å². The van der Waals surface area contributed by atoms with Crippen molar-refractivity contribution in [1.82, 2.24) is 0 Å². The second kappa shape index (κ2) is 11.1. The van der Waals surface area contributed by atoms with Gasteiger partial charge in [0.1, 0.15) is 6.17 Å². The van der Waals surface area contributed by atoms with Crippen LogP contribution in [0.3, 0.4) is 0 Å². The predicted octanol–water partition coefficient (Wildman–Crippen LogP) is 7.56. The Kier molecular flexibility index (Phi) is 8.26. The molecule has 0 amide bonds. The molecule has 0 saturated heterocycles. The van der Waals surface area contributed by atoms with E-state index >= 15 is 0 Å². The number of anilines is 2. The maximum absolute atomic E-state index is 2.61. The number of para-hydroxylation sites is 2. The minimum atomic E-state index is 0.317. The Labute approximate surface area is 172 Å². The van der Waals surface area contributed by atoms with Crippen LogP contribution in [0, 0.1) is 0 Å². The summed E-state index contributed by atoms with van der Waals surface area (Å²) in [5, 5.41) is 0. The van der Waals surface area contributed by atoms with Crippen molar-refractivity contribution < 1.29 is 0 Å². The van der Waals surface area contributed by atoms with Crippen molar-refractivity contribution in [2.45, 2.75) is 77.3 Å². The lowest BCUT2D eigenvalue weighted by molar-refractivity contribution is 0.545. The number of unbranched alkanes of at least 4 members (excludes halogenated alkanes) is 9. The van der Waals surface area contributed by atoms with Gasteiger partial charge in [-0.3, -0.25) is 0 Å². The number of benzene rings is 2. The molecule has 3 rings (SSSR count). The third-order valence-electron chi connectivity index (χ3n) is 6.08. The molecule has 2 heteroatoms. The average Bonchev–Trinajstić information content (AvgIpc) is 3.02. The highest BCUT2D eigenvalue weighted by Crippen LogP contribution is 2.45. The van der Waals surface area contributed by atoms with Gasteiger partial charge in [0.15, 0.2) is 0 Å². The van der Waals surface area contributed by atoms with Gasteiger partial charge in [0.2, 0.25) is 0 Å². The first kappa shape index (κ1) is 20.8. The lowest BCUT2D eigenvalue weighted by Gasteiger charge is -2.31. The third kappa shape index (κ3) is 5.31. The van der Waals surface area contributed by atoms with E-state index in [4.69, 9.17) is 0 Å². The van der Waals surface area contributed by atoms with Crippen molar-refractivity contribution in [2.24, 2.45) is 0 Å². The lowest BCUT2D eigenvalue weighted by atomic mass is 10.1. The predicted molar refractivity (Wildman–Crippen MR) is 123 cm³/mol. The summed E-state index contributed by atoms with van der Waals surface area (Å²) >= 11 is 0. The van der Waals surface area contributed by atoms with Crippen LogP contribution in [0.2, 0.25) is 0 Å². The molecule has 0 fully saturated rings. The molecule has 1 atom stereocenters.